The van der Waals surface area contributed by atoms with Gasteiger partial charge in [0.05, 0.1) is 0 Å². The molecule has 0 spiro atoms. The molecule has 2 amide bonds. The van der Waals surface area contributed by atoms with Gasteiger partial charge in [-0.25, -0.2) is 0 Å². The zero-order valence-corrected chi connectivity index (χ0v) is 15.9. The fourth-order valence-corrected chi connectivity index (χ4v) is 3.27. The first-order chi connectivity index (χ1) is 11.5. The van der Waals surface area contributed by atoms with Crippen LogP contribution in [-0.4, -0.2) is 49.4 Å². The summed E-state index contributed by atoms with van der Waals surface area (Å²) in [4.78, 5) is 26.6. The third kappa shape index (κ3) is 5.31. The van der Waals surface area contributed by atoms with E-state index in [0.29, 0.717) is 11.5 Å². The summed E-state index contributed by atoms with van der Waals surface area (Å²) in [5.41, 5.74) is 0.559. The van der Waals surface area contributed by atoms with Crippen LogP contribution in [0.2, 0.25) is 0 Å². The largest absolute Gasteiger partial charge is 0.341 e. The standard InChI is InChI=1S/C18H26BrN3O2/c1-13(21-17(23)15-3-5-16(19)6-4-15)18(24)22-11-8-14(9-12-22)7-10-20-2/h3-6,13-14,20H,7-12H2,1-2H3,(H,21,23). The van der Waals surface area contributed by atoms with Crippen molar-refractivity contribution in [3.05, 3.63) is 34.3 Å². The van der Waals surface area contributed by atoms with Crippen LogP contribution >= 0.6 is 15.9 Å². The average Bonchev–Trinajstić information content (AvgIpc) is 2.60. The average molecular weight is 396 g/mol. The number of halogens is 1. The second kappa shape index (κ2) is 9.18. The van der Waals surface area contributed by atoms with Gasteiger partial charge in [0.1, 0.15) is 6.04 Å². The van der Waals surface area contributed by atoms with Gasteiger partial charge in [0.25, 0.3) is 5.91 Å². The number of carbonyl (C=O) groups excluding carboxylic acids is 2. The smallest absolute Gasteiger partial charge is 0.251 e. The number of benzene rings is 1. The van der Waals surface area contributed by atoms with Crippen LogP contribution in [0.5, 0.6) is 0 Å². The van der Waals surface area contributed by atoms with E-state index < -0.39 is 6.04 Å². The number of amides is 2. The number of hydrogen-bond acceptors (Lipinski definition) is 3. The lowest BCUT2D eigenvalue weighted by Crippen LogP contribution is -2.49. The Morgan fingerprint density at radius 1 is 1.25 bits per heavy atom. The Morgan fingerprint density at radius 2 is 1.88 bits per heavy atom. The number of hydrogen-bond donors (Lipinski definition) is 2. The fourth-order valence-electron chi connectivity index (χ4n) is 3.01. The van der Waals surface area contributed by atoms with Crippen LogP contribution in [0.15, 0.2) is 28.7 Å². The zero-order valence-electron chi connectivity index (χ0n) is 14.3. The van der Waals surface area contributed by atoms with E-state index in [4.69, 9.17) is 0 Å². The van der Waals surface area contributed by atoms with Crippen molar-refractivity contribution in [3.63, 3.8) is 0 Å². The highest BCUT2D eigenvalue weighted by Crippen LogP contribution is 2.20. The van der Waals surface area contributed by atoms with Crippen LogP contribution in [0.1, 0.15) is 36.5 Å². The highest BCUT2D eigenvalue weighted by molar-refractivity contribution is 9.10. The van der Waals surface area contributed by atoms with Gasteiger partial charge in [-0.1, -0.05) is 15.9 Å². The molecule has 5 nitrogen and oxygen atoms in total. The lowest BCUT2D eigenvalue weighted by atomic mass is 9.93. The molecular formula is C18H26BrN3O2. The van der Waals surface area contributed by atoms with Gasteiger partial charge in [0.15, 0.2) is 0 Å². The van der Waals surface area contributed by atoms with Gasteiger partial charge in [0, 0.05) is 23.1 Å². The molecule has 0 radical (unpaired) electrons. The Balaban J connectivity index is 1.82. The van der Waals surface area contributed by atoms with Gasteiger partial charge < -0.3 is 15.5 Å². The van der Waals surface area contributed by atoms with Crippen molar-refractivity contribution in [1.82, 2.24) is 15.5 Å². The first kappa shape index (κ1) is 18.9. The molecule has 0 aliphatic carbocycles. The first-order valence-corrected chi connectivity index (χ1v) is 9.30. The molecule has 2 N–H and O–H groups in total. The molecule has 0 saturated carbocycles. The maximum atomic E-state index is 12.5. The Labute approximate surface area is 152 Å². The quantitative estimate of drug-likeness (QED) is 0.777. The van der Waals surface area contributed by atoms with E-state index in [1.165, 1.54) is 0 Å². The van der Waals surface area contributed by atoms with E-state index in [1.54, 1.807) is 19.1 Å². The minimum absolute atomic E-state index is 0.00697. The monoisotopic (exact) mass is 395 g/mol. The van der Waals surface area contributed by atoms with Crippen molar-refractivity contribution in [3.8, 4) is 0 Å². The summed E-state index contributed by atoms with van der Waals surface area (Å²) in [5.74, 6) is 0.481. The van der Waals surface area contributed by atoms with Gasteiger partial charge in [0.2, 0.25) is 5.91 Å². The fraction of sp³-hybridized carbons (Fsp3) is 0.556. The lowest BCUT2D eigenvalue weighted by molar-refractivity contribution is -0.134. The van der Waals surface area contributed by atoms with E-state index in [1.807, 2.05) is 24.1 Å². The molecule has 1 heterocycles. The van der Waals surface area contributed by atoms with Crippen molar-refractivity contribution in [1.29, 1.82) is 0 Å². The van der Waals surface area contributed by atoms with Crippen LogP contribution < -0.4 is 10.6 Å². The van der Waals surface area contributed by atoms with Crippen LogP contribution in [0.3, 0.4) is 0 Å². The molecule has 2 rings (SSSR count). The Kier molecular flexibility index (Phi) is 7.24. The van der Waals surface area contributed by atoms with Crippen LogP contribution in [0.25, 0.3) is 0 Å². The van der Waals surface area contributed by atoms with Gasteiger partial charge >= 0.3 is 0 Å². The van der Waals surface area contributed by atoms with Crippen molar-refractivity contribution >= 4 is 27.7 Å². The molecule has 1 atom stereocenters. The topological polar surface area (TPSA) is 61.4 Å². The summed E-state index contributed by atoms with van der Waals surface area (Å²) in [6.45, 7) is 4.35. The number of nitrogens with zero attached hydrogens (tertiary/aromatic N) is 1. The summed E-state index contributed by atoms with van der Waals surface area (Å²) < 4.78 is 0.921. The molecule has 1 aromatic carbocycles. The molecule has 1 aromatic rings. The van der Waals surface area contributed by atoms with Crippen LogP contribution in [-0.2, 0) is 4.79 Å². The molecule has 1 saturated heterocycles. The summed E-state index contributed by atoms with van der Waals surface area (Å²) >= 11 is 3.34. The van der Waals surface area contributed by atoms with E-state index >= 15 is 0 Å². The molecular weight excluding hydrogens is 370 g/mol. The van der Waals surface area contributed by atoms with Crippen LogP contribution in [0, 0.1) is 5.92 Å². The minimum atomic E-state index is -0.505. The third-order valence-corrected chi connectivity index (χ3v) is 5.08. The third-order valence-electron chi connectivity index (χ3n) is 4.55. The summed E-state index contributed by atoms with van der Waals surface area (Å²) in [6, 6.07) is 6.61. The van der Waals surface area contributed by atoms with Gasteiger partial charge in [-0.15, -0.1) is 0 Å². The second-order valence-electron chi connectivity index (χ2n) is 6.36. The number of piperidine rings is 1. The summed E-state index contributed by atoms with van der Waals surface area (Å²) in [5, 5.41) is 5.98. The summed E-state index contributed by atoms with van der Waals surface area (Å²) in [6.07, 6.45) is 3.25. The molecule has 1 unspecified atom stereocenters. The predicted octanol–water partition coefficient (Wildman–Crippen LogP) is 2.42. The Morgan fingerprint density at radius 3 is 2.46 bits per heavy atom. The molecule has 1 aliphatic heterocycles. The van der Waals surface area contributed by atoms with Crippen molar-refractivity contribution in [2.45, 2.75) is 32.2 Å². The second-order valence-corrected chi connectivity index (χ2v) is 7.28. The Bertz CT molecular complexity index is 554. The van der Waals surface area contributed by atoms with Crippen molar-refractivity contribution in [2.75, 3.05) is 26.7 Å². The number of carbonyl (C=O) groups is 2. The maximum absolute atomic E-state index is 12.5. The van der Waals surface area contributed by atoms with E-state index in [0.717, 1.165) is 43.4 Å². The van der Waals surface area contributed by atoms with Crippen molar-refractivity contribution in [2.24, 2.45) is 5.92 Å². The molecule has 132 valence electrons. The normalized spacial score (nSPS) is 16.7. The van der Waals surface area contributed by atoms with E-state index in [9.17, 15) is 9.59 Å². The minimum Gasteiger partial charge on any atom is -0.341 e. The van der Waals surface area contributed by atoms with E-state index in [-0.39, 0.29) is 11.8 Å². The molecule has 1 aliphatic rings. The highest BCUT2D eigenvalue weighted by atomic mass is 79.9. The zero-order chi connectivity index (χ0) is 17.5. The first-order valence-electron chi connectivity index (χ1n) is 8.51. The highest BCUT2D eigenvalue weighted by Gasteiger charge is 2.26. The van der Waals surface area contributed by atoms with Gasteiger partial charge in [-0.3, -0.25) is 9.59 Å². The molecule has 0 bridgehead atoms. The van der Waals surface area contributed by atoms with Crippen LogP contribution in [0.4, 0.5) is 0 Å². The SMILES string of the molecule is CNCCC1CCN(C(=O)C(C)NC(=O)c2ccc(Br)cc2)CC1. The molecule has 0 aromatic heterocycles. The molecule has 6 heteroatoms. The van der Waals surface area contributed by atoms with Gasteiger partial charge in [-0.2, -0.15) is 0 Å². The predicted molar refractivity (Wildman–Crippen MR) is 98.9 cm³/mol. The van der Waals surface area contributed by atoms with Gasteiger partial charge in [-0.05, 0) is 70.0 Å². The number of likely N-dealkylation sites (tertiary alicyclic amines) is 1. The molecule has 24 heavy (non-hydrogen) atoms. The number of rotatable bonds is 6. The summed E-state index contributed by atoms with van der Waals surface area (Å²) in [7, 11) is 1.97. The maximum Gasteiger partial charge on any atom is 0.251 e. The number of nitrogens with one attached hydrogen (secondary N) is 2. The van der Waals surface area contributed by atoms with Crippen molar-refractivity contribution < 1.29 is 9.59 Å². The molecule has 1 fully saturated rings. The van der Waals surface area contributed by atoms with E-state index in [2.05, 4.69) is 26.6 Å². The lowest BCUT2D eigenvalue weighted by Gasteiger charge is -2.33. The Hall–Kier alpha value is -1.40.